The Hall–Kier alpha value is -2.56. The molecule has 1 amide bonds. The second kappa shape index (κ2) is 6.91. The summed E-state index contributed by atoms with van der Waals surface area (Å²) in [5.41, 5.74) is 8.68. The number of nitrogens with two attached hydrogens (primary N) is 1. The lowest BCUT2D eigenvalue weighted by molar-refractivity contribution is 0.102. The van der Waals surface area contributed by atoms with E-state index in [4.69, 9.17) is 5.73 Å². The number of carbonyl (C=O) groups is 1. The number of hydrogen-bond donors (Lipinski definition) is 2. The summed E-state index contributed by atoms with van der Waals surface area (Å²) in [7, 11) is 0. The smallest absolute Gasteiger partial charge is 0.257 e. The Morgan fingerprint density at radius 2 is 2.21 bits per heavy atom. The van der Waals surface area contributed by atoms with Gasteiger partial charge in [-0.1, -0.05) is 19.4 Å². The van der Waals surface area contributed by atoms with E-state index < -0.39 is 0 Å². The number of nitrogen functional groups attached to an aromatic ring is 1. The maximum absolute atomic E-state index is 12.4. The van der Waals surface area contributed by atoms with Gasteiger partial charge in [-0.15, -0.1) is 0 Å². The van der Waals surface area contributed by atoms with E-state index >= 15 is 0 Å². The van der Waals surface area contributed by atoms with Crippen molar-refractivity contribution in [3.63, 3.8) is 0 Å². The molecule has 0 bridgehead atoms. The molecule has 0 aliphatic carbocycles. The van der Waals surface area contributed by atoms with Crippen molar-refractivity contribution < 1.29 is 4.79 Å². The van der Waals surface area contributed by atoms with Gasteiger partial charge < -0.3 is 16.0 Å². The van der Waals surface area contributed by atoms with E-state index in [0.29, 0.717) is 16.9 Å². The zero-order valence-electron chi connectivity index (χ0n) is 14.2. The summed E-state index contributed by atoms with van der Waals surface area (Å²) in [4.78, 5) is 19.1. The monoisotopic (exact) mass is 324 g/mol. The minimum absolute atomic E-state index is 0.195. The first-order valence-electron chi connectivity index (χ1n) is 8.45. The first-order chi connectivity index (χ1) is 11.6. The van der Waals surface area contributed by atoms with Crippen molar-refractivity contribution in [3.05, 3.63) is 47.7 Å². The van der Waals surface area contributed by atoms with Crippen LogP contribution in [-0.2, 0) is 0 Å². The molecule has 1 fully saturated rings. The van der Waals surface area contributed by atoms with Crippen molar-refractivity contribution >= 4 is 23.1 Å². The van der Waals surface area contributed by atoms with E-state index in [1.54, 1.807) is 12.3 Å². The summed E-state index contributed by atoms with van der Waals surface area (Å²) in [6.45, 7) is 6.28. The van der Waals surface area contributed by atoms with Crippen LogP contribution in [0.1, 0.15) is 35.7 Å². The van der Waals surface area contributed by atoms with Crippen molar-refractivity contribution in [2.75, 3.05) is 29.0 Å². The van der Waals surface area contributed by atoms with Crippen LogP contribution < -0.4 is 16.0 Å². The van der Waals surface area contributed by atoms with Crippen molar-refractivity contribution in [3.8, 4) is 0 Å². The number of carbonyl (C=O) groups excluding carboxylic acids is 1. The van der Waals surface area contributed by atoms with Crippen LogP contribution in [0.4, 0.5) is 17.2 Å². The molecular formula is C19H24N4O. The SMILES string of the molecule is CC[C@H]1CCN(c2ccc(C(=O)Nc3cc(C)ccc3N)cn2)C1. The number of aryl methyl sites for hydroxylation is 1. The molecule has 0 spiro atoms. The zero-order valence-corrected chi connectivity index (χ0v) is 14.2. The van der Waals surface area contributed by atoms with E-state index in [1.165, 1.54) is 12.8 Å². The van der Waals surface area contributed by atoms with Gasteiger partial charge in [0, 0.05) is 19.3 Å². The fourth-order valence-corrected chi connectivity index (χ4v) is 3.05. The number of rotatable bonds is 4. The molecule has 1 aliphatic heterocycles. The van der Waals surface area contributed by atoms with Crippen molar-refractivity contribution in [2.45, 2.75) is 26.7 Å². The zero-order chi connectivity index (χ0) is 17.1. The Morgan fingerprint density at radius 3 is 2.88 bits per heavy atom. The highest BCUT2D eigenvalue weighted by Gasteiger charge is 2.22. The fourth-order valence-electron chi connectivity index (χ4n) is 3.05. The normalized spacial score (nSPS) is 17.1. The van der Waals surface area contributed by atoms with Gasteiger partial charge in [-0.3, -0.25) is 4.79 Å². The number of hydrogen-bond acceptors (Lipinski definition) is 4. The first kappa shape index (κ1) is 16.3. The standard InChI is InChI=1S/C19H24N4O/c1-3-14-8-9-23(12-14)18-7-5-15(11-21-18)19(24)22-17-10-13(2)4-6-16(17)20/h4-7,10-11,14H,3,8-9,12,20H2,1-2H3,(H,22,24)/t14-/m0/s1. The number of amides is 1. The predicted molar refractivity (Wildman–Crippen MR) is 98.4 cm³/mol. The topological polar surface area (TPSA) is 71.2 Å². The number of nitrogens with one attached hydrogen (secondary N) is 1. The molecule has 5 nitrogen and oxygen atoms in total. The van der Waals surface area contributed by atoms with Crippen LogP contribution >= 0.6 is 0 Å². The Bertz CT molecular complexity index is 727. The average molecular weight is 324 g/mol. The molecular weight excluding hydrogens is 300 g/mol. The molecule has 0 radical (unpaired) electrons. The van der Waals surface area contributed by atoms with Crippen molar-refractivity contribution in [2.24, 2.45) is 5.92 Å². The van der Waals surface area contributed by atoms with Crippen LogP contribution in [0, 0.1) is 12.8 Å². The molecule has 3 rings (SSSR count). The van der Waals surface area contributed by atoms with Crippen LogP contribution in [0.5, 0.6) is 0 Å². The van der Waals surface area contributed by atoms with Crippen molar-refractivity contribution in [1.29, 1.82) is 0 Å². The van der Waals surface area contributed by atoms with E-state index in [9.17, 15) is 4.79 Å². The first-order valence-corrected chi connectivity index (χ1v) is 8.45. The lowest BCUT2D eigenvalue weighted by Gasteiger charge is -2.17. The Kier molecular flexibility index (Phi) is 4.69. The molecule has 2 aromatic rings. The summed E-state index contributed by atoms with van der Waals surface area (Å²) in [5, 5.41) is 2.85. The molecule has 126 valence electrons. The largest absolute Gasteiger partial charge is 0.397 e. The molecule has 3 N–H and O–H groups in total. The maximum atomic E-state index is 12.4. The lowest BCUT2D eigenvalue weighted by atomic mass is 10.1. The maximum Gasteiger partial charge on any atom is 0.257 e. The van der Waals surface area contributed by atoms with Gasteiger partial charge in [0.05, 0.1) is 16.9 Å². The average Bonchev–Trinajstić information content (AvgIpc) is 3.07. The van der Waals surface area contributed by atoms with Gasteiger partial charge >= 0.3 is 0 Å². The molecule has 1 saturated heterocycles. The highest BCUT2D eigenvalue weighted by atomic mass is 16.1. The van der Waals surface area contributed by atoms with E-state index in [0.717, 1.165) is 30.4 Å². The second-order valence-electron chi connectivity index (χ2n) is 6.46. The highest BCUT2D eigenvalue weighted by molar-refractivity contribution is 6.05. The quantitative estimate of drug-likeness (QED) is 0.845. The summed E-state index contributed by atoms with van der Waals surface area (Å²) in [5.74, 6) is 1.50. The van der Waals surface area contributed by atoms with Gasteiger partial charge in [-0.2, -0.15) is 0 Å². The van der Waals surface area contributed by atoms with Gasteiger partial charge in [0.25, 0.3) is 5.91 Å². The molecule has 1 aromatic carbocycles. The molecule has 24 heavy (non-hydrogen) atoms. The highest BCUT2D eigenvalue weighted by Crippen LogP contribution is 2.24. The van der Waals surface area contributed by atoms with Crippen LogP contribution in [0.15, 0.2) is 36.5 Å². The Labute approximate surface area is 142 Å². The minimum atomic E-state index is -0.195. The minimum Gasteiger partial charge on any atom is -0.397 e. The summed E-state index contributed by atoms with van der Waals surface area (Å²) in [6, 6.07) is 9.32. The van der Waals surface area contributed by atoms with Gasteiger partial charge in [0.15, 0.2) is 0 Å². The molecule has 1 aliphatic rings. The summed E-state index contributed by atoms with van der Waals surface area (Å²) in [6.07, 6.45) is 4.05. The third kappa shape index (κ3) is 3.50. The predicted octanol–water partition coefficient (Wildman–Crippen LogP) is 3.46. The van der Waals surface area contributed by atoms with Crippen LogP contribution in [0.25, 0.3) is 0 Å². The summed E-state index contributed by atoms with van der Waals surface area (Å²) >= 11 is 0. The molecule has 2 heterocycles. The number of anilines is 3. The van der Waals surface area contributed by atoms with E-state index in [2.05, 4.69) is 22.1 Å². The van der Waals surface area contributed by atoms with Gasteiger partial charge in [0.1, 0.15) is 5.82 Å². The summed E-state index contributed by atoms with van der Waals surface area (Å²) < 4.78 is 0. The molecule has 5 heteroatoms. The van der Waals surface area contributed by atoms with E-state index in [1.807, 2.05) is 31.2 Å². The number of benzene rings is 1. The van der Waals surface area contributed by atoms with Crippen LogP contribution in [0.2, 0.25) is 0 Å². The number of nitrogens with zero attached hydrogens (tertiary/aromatic N) is 2. The van der Waals surface area contributed by atoms with Gasteiger partial charge in [0.2, 0.25) is 0 Å². The molecule has 0 unspecified atom stereocenters. The van der Waals surface area contributed by atoms with Crippen LogP contribution in [0.3, 0.4) is 0 Å². The van der Waals surface area contributed by atoms with Crippen molar-refractivity contribution in [1.82, 2.24) is 4.98 Å². The van der Waals surface area contributed by atoms with Crippen LogP contribution in [-0.4, -0.2) is 24.0 Å². The Balaban J connectivity index is 1.69. The Morgan fingerprint density at radius 1 is 1.38 bits per heavy atom. The second-order valence-corrected chi connectivity index (χ2v) is 6.46. The molecule has 1 aromatic heterocycles. The number of aromatic nitrogens is 1. The van der Waals surface area contributed by atoms with Gasteiger partial charge in [-0.25, -0.2) is 4.98 Å². The van der Waals surface area contributed by atoms with Gasteiger partial charge in [-0.05, 0) is 49.1 Å². The van der Waals surface area contributed by atoms with E-state index in [-0.39, 0.29) is 5.91 Å². The lowest BCUT2D eigenvalue weighted by Crippen LogP contribution is -2.21. The number of pyridine rings is 1. The third-order valence-electron chi connectivity index (χ3n) is 4.65. The molecule has 0 saturated carbocycles. The third-order valence-corrected chi connectivity index (χ3v) is 4.65. The fraction of sp³-hybridized carbons (Fsp3) is 0.368. The molecule has 1 atom stereocenters.